The second-order valence-electron chi connectivity index (χ2n) is 3.26. The molecule has 0 spiro atoms. The van der Waals surface area contributed by atoms with Gasteiger partial charge in [0, 0.05) is 4.47 Å². The van der Waals surface area contributed by atoms with Gasteiger partial charge in [-0.3, -0.25) is 4.79 Å². The van der Waals surface area contributed by atoms with Gasteiger partial charge in [-0.05, 0) is 51.6 Å². The van der Waals surface area contributed by atoms with Crippen molar-refractivity contribution in [1.29, 1.82) is 0 Å². The third kappa shape index (κ3) is 3.14. The van der Waals surface area contributed by atoms with Gasteiger partial charge in [0.15, 0.2) is 6.61 Å². The lowest BCUT2D eigenvalue weighted by Crippen LogP contribution is -2.10. The first-order valence-corrected chi connectivity index (χ1v) is 6.48. The zero-order chi connectivity index (χ0) is 12.3. The summed E-state index contributed by atoms with van der Waals surface area (Å²) in [5, 5.41) is 1.83. The van der Waals surface area contributed by atoms with Gasteiger partial charge in [-0.2, -0.15) is 0 Å². The highest BCUT2D eigenvalue weighted by Gasteiger charge is 2.12. The molecule has 0 amide bonds. The van der Waals surface area contributed by atoms with Gasteiger partial charge in [0.05, 0.1) is 4.88 Å². The van der Waals surface area contributed by atoms with Gasteiger partial charge in [-0.15, -0.1) is 11.3 Å². The van der Waals surface area contributed by atoms with Crippen LogP contribution in [0.4, 0.5) is 4.39 Å². The standard InChI is InChI=1S/C12H8BrFO2S/c13-10-5-6-17-12(10)11(15)7-16-9-3-1-8(14)2-4-9/h1-6H,7H2. The SMILES string of the molecule is O=C(COc1ccc(F)cc1)c1sccc1Br. The first-order valence-electron chi connectivity index (χ1n) is 4.81. The fourth-order valence-corrected chi connectivity index (χ4v) is 2.76. The van der Waals surface area contributed by atoms with Crippen LogP contribution in [0.1, 0.15) is 9.67 Å². The monoisotopic (exact) mass is 314 g/mol. The van der Waals surface area contributed by atoms with Crippen molar-refractivity contribution >= 4 is 33.0 Å². The molecule has 88 valence electrons. The predicted molar refractivity (Wildman–Crippen MR) is 68.2 cm³/mol. The predicted octanol–water partition coefficient (Wildman–Crippen LogP) is 3.91. The Balaban J connectivity index is 1.97. The van der Waals surface area contributed by atoms with E-state index in [-0.39, 0.29) is 18.2 Å². The minimum atomic E-state index is -0.329. The number of thiophene rings is 1. The number of hydrogen-bond donors (Lipinski definition) is 0. The molecular formula is C12H8BrFO2S. The molecule has 0 N–H and O–H groups in total. The van der Waals surface area contributed by atoms with Gasteiger partial charge in [0.1, 0.15) is 11.6 Å². The van der Waals surface area contributed by atoms with Crippen LogP contribution in [-0.2, 0) is 0 Å². The maximum Gasteiger partial charge on any atom is 0.211 e. The lowest BCUT2D eigenvalue weighted by atomic mass is 10.3. The third-order valence-electron chi connectivity index (χ3n) is 2.05. The van der Waals surface area contributed by atoms with Crippen molar-refractivity contribution in [2.24, 2.45) is 0 Å². The second-order valence-corrected chi connectivity index (χ2v) is 5.03. The molecule has 0 fully saturated rings. The number of hydrogen-bond acceptors (Lipinski definition) is 3. The fourth-order valence-electron chi connectivity index (χ4n) is 1.24. The number of halogens is 2. The van der Waals surface area contributed by atoms with Crippen LogP contribution in [0, 0.1) is 5.82 Å². The molecule has 0 aliphatic heterocycles. The van der Waals surface area contributed by atoms with Gasteiger partial charge in [0.2, 0.25) is 5.78 Å². The summed E-state index contributed by atoms with van der Waals surface area (Å²) in [4.78, 5) is 12.4. The molecule has 0 saturated heterocycles. The average molecular weight is 315 g/mol. The van der Waals surface area contributed by atoms with E-state index in [2.05, 4.69) is 15.9 Å². The molecule has 2 aromatic rings. The molecule has 17 heavy (non-hydrogen) atoms. The van der Waals surface area contributed by atoms with E-state index in [1.807, 2.05) is 11.4 Å². The zero-order valence-electron chi connectivity index (χ0n) is 8.65. The van der Waals surface area contributed by atoms with Gasteiger partial charge < -0.3 is 4.74 Å². The van der Waals surface area contributed by atoms with Crippen LogP contribution in [0.5, 0.6) is 5.75 Å². The molecule has 0 radical (unpaired) electrons. The van der Waals surface area contributed by atoms with E-state index >= 15 is 0 Å². The van der Waals surface area contributed by atoms with Crippen LogP contribution >= 0.6 is 27.3 Å². The first-order chi connectivity index (χ1) is 8.16. The molecule has 5 heteroatoms. The van der Waals surface area contributed by atoms with E-state index in [9.17, 15) is 9.18 Å². The van der Waals surface area contributed by atoms with E-state index in [1.54, 1.807) is 0 Å². The van der Waals surface area contributed by atoms with Crippen molar-refractivity contribution in [1.82, 2.24) is 0 Å². The second kappa shape index (κ2) is 5.42. The Morgan fingerprint density at radius 3 is 2.59 bits per heavy atom. The molecule has 0 unspecified atom stereocenters. The summed E-state index contributed by atoms with van der Waals surface area (Å²) in [7, 11) is 0. The molecule has 0 aliphatic carbocycles. The van der Waals surface area contributed by atoms with Crippen molar-refractivity contribution in [3.8, 4) is 5.75 Å². The molecule has 0 saturated carbocycles. The maximum absolute atomic E-state index is 12.6. The smallest absolute Gasteiger partial charge is 0.211 e. The van der Waals surface area contributed by atoms with Crippen molar-refractivity contribution in [3.63, 3.8) is 0 Å². The molecule has 0 bridgehead atoms. The average Bonchev–Trinajstić information content (AvgIpc) is 2.74. The topological polar surface area (TPSA) is 26.3 Å². The van der Waals surface area contributed by atoms with Gasteiger partial charge in [-0.25, -0.2) is 4.39 Å². The van der Waals surface area contributed by atoms with Crippen LogP contribution in [0.25, 0.3) is 0 Å². The van der Waals surface area contributed by atoms with E-state index in [4.69, 9.17) is 4.74 Å². The van der Waals surface area contributed by atoms with Gasteiger partial charge in [0.25, 0.3) is 0 Å². The number of ketones is 1. The molecule has 1 aromatic heterocycles. The van der Waals surface area contributed by atoms with E-state index < -0.39 is 0 Å². The number of rotatable bonds is 4. The number of carbonyl (C=O) groups is 1. The third-order valence-corrected chi connectivity index (χ3v) is 3.93. The fraction of sp³-hybridized carbons (Fsp3) is 0.0833. The van der Waals surface area contributed by atoms with E-state index in [0.29, 0.717) is 10.6 Å². The lowest BCUT2D eigenvalue weighted by Gasteiger charge is -2.04. The summed E-state index contributed by atoms with van der Waals surface area (Å²) in [6, 6.07) is 7.38. The Bertz CT molecular complexity index is 522. The minimum Gasteiger partial charge on any atom is -0.485 e. The highest BCUT2D eigenvalue weighted by molar-refractivity contribution is 9.10. The Hall–Kier alpha value is -1.20. The molecule has 2 nitrogen and oxygen atoms in total. The molecule has 1 aromatic carbocycles. The lowest BCUT2D eigenvalue weighted by molar-refractivity contribution is 0.0925. The van der Waals surface area contributed by atoms with E-state index in [1.165, 1.54) is 35.6 Å². The number of carbonyl (C=O) groups excluding carboxylic acids is 1. The normalized spacial score (nSPS) is 10.2. The highest BCUT2D eigenvalue weighted by Crippen LogP contribution is 2.23. The van der Waals surface area contributed by atoms with Gasteiger partial charge >= 0.3 is 0 Å². The first kappa shape index (κ1) is 12.3. The summed E-state index contributed by atoms with van der Waals surface area (Å²) in [5.74, 6) is 0.0494. The summed E-state index contributed by atoms with van der Waals surface area (Å²) >= 11 is 4.65. The molecule has 1 heterocycles. The van der Waals surface area contributed by atoms with Crippen molar-refractivity contribution in [2.45, 2.75) is 0 Å². The summed E-state index contributed by atoms with van der Waals surface area (Å²) in [6.07, 6.45) is 0. The van der Waals surface area contributed by atoms with Crippen LogP contribution < -0.4 is 4.74 Å². The van der Waals surface area contributed by atoms with Crippen LogP contribution in [0.2, 0.25) is 0 Å². The Kier molecular flexibility index (Phi) is 3.91. The molecular weight excluding hydrogens is 307 g/mol. The largest absolute Gasteiger partial charge is 0.485 e. The van der Waals surface area contributed by atoms with Crippen LogP contribution in [-0.4, -0.2) is 12.4 Å². The Morgan fingerprint density at radius 2 is 2.00 bits per heavy atom. The number of benzene rings is 1. The van der Waals surface area contributed by atoms with E-state index in [0.717, 1.165) is 4.47 Å². The zero-order valence-corrected chi connectivity index (χ0v) is 11.1. The summed E-state index contributed by atoms with van der Waals surface area (Å²) in [6.45, 7) is -0.0508. The minimum absolute atomic E-state index is 0.0508. The van der Waals surface area contributed by atoms with Crippen LogP contribution in [0.15, 0.2) is 40.2 Å². The quantitative estimate of drug-likeness (QED) is 0.800. The summed E-state index contributed by atoms with van der Waals surface area (Å²) < 4.78 is 18.7. The summed E-state index contributed by atoms with van der Waals surface area (Å²) in [5.41, 5.74) is 0. The maximum atomic E-state index is 12.6. The number of Topliss-reactive ketones (excluding diaryl/α,β-unsaturated/α-hetero) is 1. The van der Waals surface area contributed by atoms with Crippen molar-refractivity contribution in [3.05, 3.63) is 50.9 Å². The number of ether oxygens (including phenoxy) is 1. The molecule has 0 atom stereocenters. The van der Waals surface area contributed by atoms with Crippen molar-refractivity contribution < 1.29 is 13.9 Å². The molecule has 0 aliphatic rings. The van der Waals surface area contributed by atoms with Gasteiger partial charge in [-0.1, -0.05) is 0 Å². The van der Waals surface area contributed by atoms with Crippen LogP contribution in [0.3, 0.4) is 0 Å². The highest BCUT2D eigenvalue weighted by atomic mass is 79.9. The Labute approximate surface area is 110 Å². The Morgan fingerprint density at radius 1 is 1.29 bits per heavy atom. The molecule has 2 rings (SSSR count). The van der Waals surface area contributed by atoms with Crippen molar-refractivity contribution in [2.75, 3.05) is 6.61 Å².